The van der Waals surface area contributed by atoms with E-state index < -0.39 is 5.91 Å². The van der Waals surface area contributed by atoms with Gasteiger partial charge >= 0.3 is 0 Å². The number of nitrogens with one attached hydrogen (secondary N) is 1. The lowest BCUT2D eigenvalue weighted by Gasteiger charge is -2.08. The fraction of sp³-hybridized carbons (Fsp3) is 0.111. The van der Waals surface area contributed by atoms with Gasteiger partial charge in [0, 0.05) is 34.9 Å². The van der Waals surface area contributed by atoms with Crippen LogP contribution in [-0.2, 0) is 11.3 Å². The zero-order valence-corrected chi connectivity index (χ0v) is 19.7. The summed E-state index contributed by atoms with van der Waals surface area (Å²) in [6.07, 6.45) is 3.57. The molecule has 0 atom stereocenters. The van der Waals surface area contributed by atoms with Gasteiger partial charge in [0.1, 0.15) is 11.6 Å². The zero-order chi connectivity index (χ0) is 23.5. The molecular formula is C27H21Cl2N3O. The van der Waals surface area contributed by atoms with Gasteiger partial charge in [-0.05, 0) is 60.9 Å². The van der Waals surface area contributed by atoms with Crippen LogP contribution < -0.4 is 5.32 Å². The summed E-state index contributed by atoms with van der Waals surface area (Å²) < 4.78 is 2.07. The number of halogens is 2. The van der Waals surface area contributed by atoms with E-state index >= 15 is 0 Å². The highest BCUT2D eigenvalue weighted by atomic mass is 35.5. The van der Waals surface area contributed by atoms with Crippen molar-refractivity contribution in [3.63, 3.8) is 0 Å². The Hall–Kier alpha value is -3.52. The Morgan fingerprint density at radius 1 is 1.06 bits per heavy atom. The number of amides is 1. The number of aromatic nitrogens is 1. The number of fused-ring (bicyclic) bond motifs is 1. The standard InChI is InChI=1S/C27H21Cl2N3O/c1-17-7-8-18(2)25(11-17)31-27(33)20(14-30)13-21-16-32(26-6-4-3-5-22(21)26)15-19-9-10-23(28)24(29)12-19/h3-13,16H,15H2,1-2H3,(H,31,33)/b20-13+. The Bertz CT molecular complexity index is 1440. The molecule has 164 valence electrons. The second-order valence-electron chi connectivity index (χ2n) is 7.92. The molecule has 0 aliphatic carbocycles. The van der Waals surface area contributed by atoms with Gasteiger partial charge in [-0.1, -0.05) is 59.6 Å². The predicted octanol–water partition coefficient (Wildman–Crippen LogP) is 7.16. The first-order chi connectivity index (χ1) is 15.9. The van der Waals surface area contributed by atoms with Gasteiger partial charge in [-0.15, -0.1) is 0 Å². The Labute approximate surface area is 202 Å². The molecule has 0 spiro atoms. The van der Waals surface area contributed by atoms with Gasteiger partial charge in [-0.3, -0.25) is 4.79 Å². The Kier molecular flexibility index (Phi) is 6.55. The SMILES string of the molecule is Cc1ccc(C)c(NC(=O)/C(C#N)=C/c2cn(Cc3ccc(Cl)c(Cl)c3)c3ccccc23)c1. The van der Waals surface area contributed by atoms with Gasteiger partial charge in [0.05, 0.1) is 10.0 Å². The molecule has 4 nitrogen and oxygen atoms in total. The number of rotatable bonds is 5. The van der Waals surface area contributed by atoms with Crippen LogP contribution in [0, 0.1) is 25.2 Å². The molecule has 0 unspecified atom stereocenters. The van der Waals surface area contributed by atoms with Crippen LogP contribution >= 0.6 is 23.2 Å². The average molecular weight is 474 g/mol. The van der Waals surface area contributed by atoms with Gasteiger partial charge in [0.15, 0.2) is 0 Å². The Morgan fingerprint density at radius 3 is 2.61 bits per heavy atom. The number of hydrogen-bond acceptors (Lipinski definition) is 2. The smallest absolute Gasteiger partial charge is 0.266 e. The van der Waals surface area contributed by atoms with Crippen molar-refractivity contribution < 1.29 is 4.79 Å². The van der Waals surface area contributed by atoms with E-state index in [1.54, 1.807) is 12.1 Å². The van der Waals surface area contributed by atoms with Crippen LogP contribution in [0.5, 0.6) is 0 Å². The van der Waals surface area contributed by atoms with Crippen LogP contribution in [-0.4, -0.2) is 10.5 Å². The average Bonchev–Trinajstić information content (AvgIpc) is 3.14. The predicted molar refractivity (Wildman–Crippen MR) is 136 cm³/mol. The lowest BCUT2D eigenvalue weighted by atomic mass is 10.1. The quantitative estimate of drug-likeness (QED) is 0.247. The maximum Gasteiger partial charge on any atom is 0.266 e. The highest BCUT2D eigenvalue weighted by molar-refractivity contribution is 6.42. The molecule has 1 amide bonds. The number of carbonyl (C=O) groups excluding carboxylic acids is 1. The first-order valence-corrected chi connectivity index (χ1v) is 11.1. The van der Waals surface area contributed by atoms with Crippen LogP contribution in [0.2, 0.25) is 10.0 Å². The van der Waals surface area contributed by atoms with Crippen molar-refractivity contribution in [2.24, 2.45) is 0 Å². The lowest BCUT2D eigenvalue weighted by Crippen LogP contribution is -2.14. The molecule has 0 bridgehead atoms. The minimum atomic E-state index is -0.437. The summed E-state index contributed by atoms with van der Waals surface area (Å²) in [5.41, 5.74) is 5.47. The maximum absolute atomic E-state index is 12.9. The van der Waals surface area contributed by atoms with Crippen LogP contribution in [0.25, 0.3) is 17.0 Å². The number of carbonyl (C=O) groups is 1. The third-order valence-corrected chi connectivity index (χ3v) is 6.20. The van der Waals surface area contributed by atoms with Gasteiger partial charge in [0.2, 0.25) is 0 Å². The van der Waals surface area contributed by atoms with Crippen molar-refractivity contribution in [1.29, 1.82) is 5.26 Å². The van der Waals surface area contributed by atoms with E-state index in [1.807, 2.05) is 80.7 Å². The Morgan fingerprint density at radius 2 is 1.85 bits per heavy atom. The molecular weight excluding hydrogens is 453 g/mol. The normalized spacial score (nSPS) is 11.4. The van der Waals surface area contributed by atoms with Crippen LogP contribution in [0.3, 0.4) is 0 Å². The summed E-state index contributed by atoms with van der Waals surface area (Å²) in [7, 11) is 0. The monoisotopic (exact) mass is 473 g/mol. The number of anilines is 1. The van der Waals surface area contributed by atoms with Crippen molar-refractivity contribution in [3.05, 3.63) is 105 Å². The van der Waals surface area contributed by atoms with Crippen LogP contribution in [0.15, 0.2) is 72.4 Å². The van der Waals surface area contributed by atoms with Gasteiger partial charge in [-0.25, -0.2) is 0 Å². The molecule has 0 aliphatic rings. The molecule has 6 heteroatoms. The number of para-hydroxylation sites is 1. The van der Waals surface area contributed by atoms with Crippen LogP contribution in [0.1, 0.15) is 22.3 Å². The molecule has 0 saturated carbocycles. The molecule has 0 fully saturated rings. The molecule has 4 aromatic rings. The second-order valence-corrected chi connectivity index (χ2v) is 8.73. The number of nitrogens with zero attached hydrogens (tertiary/aromatic N) is 2. The number of hydrogen-bond donors (Lipinski definition) is 1. The summed E-state index contributed by atoms with van der Waals surface area (Å²) in [4.78, 5) is 12.9. The number of benzene rings is 3. The minimum Gasteiger partial charge on any atom is -0.342 e. The summed E-state index contributed by atoms with van der Waals surface area (Å²) in [5.74, 6) is -0.437. The van der Waals surface area contributed by atoms with Crippen molar-refractivity contribution >= 4 is 51.8 Å². The largest absolute Gasteiger partial charge is 0.342 e. The van der Waals surface area contributed by atoms with Gasteiger partial charge < -0.3 is 9.88 Å². The van der Waals surface area contributed by atoms with E-state index in [0.717, 1.165) is 33.2 Å². The molecule has 33 heavy (non-hydrogen) atoms. The fourth-order valence-electron chi connectivity index (χ4n) is 3.72. The first-order valence-electron chi connectivity index (χ1n) is 10.4. The molecule has 0 saturated heterocycles. The molecule has 1 N–H and O–H groups in total. The third-order valence-electron chi connectivity index (χ3n) is 5.46. The van der Waals surface area contributed by atoms with E-state index in [-0.39, 0.29) is 5.57 Å². The topological polar surface area (TPSA) is 57.8 Å². The summed E-state index contributed by atoms with van der Waals surface area (Å²) >= 11 is 12.2. The zero-order valence-electron chi connectivity index (χ0n) is 18.2. The second kappa shape index (κ2) is 9.54. The minimum absolute atomic E-state index is 0.0355. The Balaban J connectivity index is 1.69. The summed E-state index contributed by atoms with van der Waals surface area (Å²) in [6, 6.07) is 21.3. The lowest BCUT2D eigenvalue weighted by molar-refractivity contribution is -0.112. The molecule has 0 radical (unpaired) electrons. The number of nitriles is 1. The van der Waals surface area contributed by atoms with Crippen molar-refractivity contribution in [2.75, 3.05) is 5.32 Å². The molecule has 3 aromatic carbocycles. The van der Waals surface area contributed by atoms with Crippen molar-refractivity contribution in [1.82, 2.24) is 4.57 Å². The van der Waals surface area contributed by atoms with E-state index in [0.29, 0.717) is 22.3 Å². The van der Waals surface area contributed by atoms with Gasteiger partial charge in [-0.2, -0.15) is 5.26 Å². The van der Waals surface area contributed by atoms with E-state index in [4.69, 9.17) is 23.2 Å². The van der Waals surface area contributed by atoms with Crippen LogP contribution in [0.4, 0.5) is 5.69 Å². The summed E-state index contributed by atoms with van der Waals surface area (Å²) in [5, 5.41) is 14.5. The van der Waals surface area contributed by atoms with Gasteiger partial charge in [0.25, 0.3) is 5.91 Å². The highest BCUT2D eigenvalue weighted by Gasteiger charge is 2.14. The maximum atomic E-state index is 12.9. The molecule has 0 aliphatic heterocycles. The molecule has 4 rings (SSSR count). The van der Waals surface area contributed by atoms with E-state index in [1.165, 1.54) is 0 Å². The van der Waals surface area contributed by atoms with Crippen molar-refractivity contribution in [2.45, 2.75) is 20.4 Å². The first kappa shape index (κ1) is 22.7. The molecule has 1 aromatic heterocycles. The van der Waals surface area contributed by atoms with Crippen molar-refractivity contribution in [3.8, 4) is 6.07 Å². The third kappa shape index (κ3) is 4.96. The number of aryl methyl sites for hydroxylation is 2. The molecule has 1 heterocycles. The van der Waals surface area contributed by atoms with E-state index in [2.05, 4.69) is 9.88 Å². The highest BCUT2D eigenvalue weighted by Crippen LogP contribution is 2.27. The summed E-state index contributed by atoms with van der Waals surface area (Å²) in [6.45, 7) is 4.45. The fourth-order valence-corrected chi connectivity index (χ4v) is 4.04. The van der Waals surface area contributed by atoms with E-state index in [9.17, 15) is 10.1 Å².